The van der Waals surface area contributed by atoms with Crippen LogP contribution in [0.1, 0.15) is 305 Å². The van der Waals surface area contributed by atoms with Gasteiger partial charge in [0.15, 0.2) is 12.2 Å². The van der Waals surface area contributed by atoms with Gasteiger partial charge in [0.05, 0.1) is 26.4 Å². The summed E-state index contributed by atoms with van der Waals surface area (Å²) in [5.74, 6) is -0.620. The van der Waals surface area contributed by atoms with Crippen molar-refractivity contribution >= 4 is 39.5 Å². The third-order valence-corrected chi connectivity index (χ3v) is 16.5. The number of carbonyl (C=O) groups excluding carboxylic acids is 4. The molecule has 0 amide bonds. The fraction of sp³-hybridized carbons (Fsp3) is 0.935. The molecule has 0 aliphatic carbocycles. The Balaban J connectivity index is 5.16. The second-order valence-electron chi connectivity index (χ2n) is 23.2. The lowest BCUT2D eigenvalue weighted by molar-refractivity contribution is -0.161. The summed E-state index contributed by atoms with van der Waals surface area (Å²) >= 11 is 0. The number of hydrogen-bond acceptors (Lipinski definition) is 15. The zero-order chi connectivity index (χ0) is 60.1. The van der Waals surface area contributed by atoms with Gasteiger partial charge in [-0.15, -0.1) is 0 Å². The molecule has 81 heavy (non-hydrogen) atoms. The highest BCUT2D eigenvalue weighted by Crippen LogP contribution is 2.45. The molecule has 17 nitrogen and oxygen atoms in total. The molecule has 0 aliphatic heterocycles. The number of rotatable bonds is 61. The molecule has 19 heteroatoms. The van der Waals surface area contributed by atoms with Crippen LogP contribution in [0, 0.1) is 11.8 Å². The number of unbranched alkanes of at least 4 members (excludes halogenated alkanes) is 30. The van der Waals surface area contributed by atoms with Crippen molar-refractivity contribution in [3.63, 3.8) is 0 Å². The molecule has 0 fully saturated rings. The highest BCUT2D eigenvalue weighted by atomic mass is 31.2. The maximum absolute atomic E-state index is 13.0. The van der Waals surface area contributed by atoms with Gasteiger partial charge in [-0.1, -0.05) is 253 Å². The number of hydrogen-bond donors (Lipinski definition) is 3. The summed E-state index contributed by atoms with van der Waals surface area (Å²) in [6.45, 7) is 9.38. The fourth-order valence-corrected chi connectivity index (χ4v) is 10.7. The summed E-state index contributed by atoms with van der Waals surface area (Å²) < 4.78 is 67.7. The Morgan fingerprint density at radius 1 is 0.358 bits per heavy atom. The molecule has 0 aliphatic rings. The van der Waals surface area contributed by atoms with Crippen molar-refractivity contribution in [2.24, 2.45) is 11.8 Å². The van der Waals surface area contributed by atoms with Crippen LogP contribution in [-0.2, 0) is 65.4 Å². The first-order valence-electron chi connectivity index (χ1n) is 32.5. The quantitative estimate of drug-likeness (QED) is 0.0222. The SMILES string of the molecule is CCCCCCCCCC(=O)OC[C@H](COP(=O)(O)OC[C@H](O)COP(=O)(O)OC[C@@H](COC(=O)CCCCCCCCC(C)CC)OC(=O)CCCCCCCCCCCCCCCCC(C)C)OC(=O)CCCCCCCCC. The number of aliphatic hydroxyl groups excluding tert-OH is 1. The van der Waals surface area contributed by atoms with Gasteiger partial charge in [0.25, 0.3) is 0 Å². The zero-order valence-electron chi connectivity index (χ0n) is 52.1. The summed E-state index contributed by atoms with van der Waals surface area (Å²) in [4.78, 5) is 71.9. The monoisotopic (exact) mass is 1200 g/mol. The lowest BCUT2D eigenvalue weighted by atomic mass is 10.00. The van der Waals surface area contributed by atoms with Gasteiger partial charge in [-0.2, -0.15) is 0 Å². The number of phosphoric acid groups is 2. The Kier molecular flexibility index (Phi) is 53.4. The molecule has 0 saturated heterocycles. The minimum absolute atomic E-state index is 0.103. The van der Waals surface area contributed by atoms with Crippen LogP contribution in [-0.4, -0.2) is 96.7 Å². The minimum atomic E-state index is -4.94. The molecule has 0 aromatic carbocycles. The van der Waals surface area contributed by atoms with Crippen molar-refractivity contribution in [3.8, 4) is 0 Å². The molecule has 3 unspecified atom stereocenters. The minimum Gasteiger partial charge on any atom is -0.462 e. The average molecular weight is 1200 g/mol. The average Bonchev–Trinajstić information content (AvgIpc) is 3.43. The maximum Gasteiger partial charge on any atom is 0.472 e. The van der Waals surface area contributed by atoms with E-state index >= 15 is 0 Å². The van der Waals surface area contributed by atoms with Crippen LogP contribution in [0.2, 0.25) is 0 Å². The van der Waals surface area contributed by atoms with E-state index in [1.165, 1.54) is 89.9 Å². The summed E-state index contributed by atoms with van der Waals surface area (Å²) in [7, 11) is -9.87. The predicted molar refractivity (Wildman–Crippen MR) is 321 cm³/mol. The van der Waals surface area contributed by atoms with Crippen LogP contribution < -0.4 is 0 Å². The molecule has 0 rings (SSSR count). The van der Waals surface area contributed by atoms with Crippen molar-refractivity contribution < 1.29 is 80.2 Å². The second kappa shape index (κ2) is 54.7. The van der Waals surface area contributed by atoms with E-state index in [1.54, 1.807) is 0 Å². The molecule has 6 atom stereocenters. The Labute approximate surface area is 492 Å². The van der Waals surface area contributed by atoms with E-state index in [4.69, 9.17) is 37.0 Å². The predicted octanol–water partition coefficient (Wildman–Crippen LogP) is 16.9. The first-order chi connectivity index (χ1) is 38.9. The van der Waals surface area contributed by atoms with Gasteiger partial charge in [-0.25, -0.2) is 9.13 Å². The van der Waals surface area contributed by atoms with E-state index in [0.717, 1.165) is 134 Å². The van der Waals surface area contributed by atoms with E-state index in [1.807, 2.05) is 0 Å². The third kappa shape index (κ3) is 55.7. The molecule has 480 valence electrons. The molecule has 0 radical (unpaired) electrons. The Morgan fingerprint density at radius 3 is 0.938 bits per heavy atom. The molecule has 0 aromatic rings. The van der Waals surface area contributed by atoms with Crippen LogP contribution in [0.4, 0.5) is 0 Å². The van der Waals surface area contributed by atoms with Crippen LogP contribution in [0.25, 0.3) is 0 Å². The standard InChI is InChI=1S/C62H120O17P2/c1-7-10-12-14-24-32-38-44-59(64)72-50-57(78-61(66)46-40-34-25-15-13-11-8-2)52-76-80(68,69)74-48-56(63)49-75-81(70,71)77-53-58(51-73-60(65)45-39-33-29-28-31-37-43-55(6)9-3)79-62(67)47-41-35-27-23-21-19-17-16-18-20-22-26-30-36-42-54(4)5/h54-58,63H,7-53H2,1-6H3,(H,68,69)(H,70,71)/t55?,56-,57+,58+/m0/s1. The normalized spacial score (nSPS) is 14.7. The molecule has 0 spiro atoms. The van der Waals surface area contributed by atoms with Crippen molar-refractivity contribution in [1.82, 2.24) is 0 Å². The summed E-state index contributed by atoms with van der Waals surface area (Å²) in [5.41, 5.74) is 0. The first-order valence-corrected chi connectivity index (χ1v) is 35.5. The van der Waals surface area contributed by atoms with Crippen LogP contribution in [0.5, 0.6) is 0 Å². The third-order valence-electron chi connectivity index (χ3n) is 14.6. The maximum atomic E-state index is 13.0. The van der Waals surface area contributed by atoms with Gasteiger partial charge in [0, 0.05) is 25.7 Å². The van der Waals surface area contributed by atoms with Crippen molar-refractivity contribution in [2.45, 2.75) is 323 Å². The van der Waals surface area contributed by atoms with Gasteiger partial charge in [0.2, 0.25) is 0 Å². The van der Waals surface area contributed by atoms with Gasteiger partial charge in [-0.05, 0) is 37.5 Å². The highest BCUT2D eigenvalue weighted by molar-refractivity contribution is 7.47. The van der Waals surface area contributed by atoms with E-state index in [0.29, 0.717) is 25.7 Å². The van der Waals surface area contributed by atoms with E-state index in [-0.39, 0.29) is 25.7 Å². The van der Waals surface area contributed by atoms with Gasteiger partial charge in [0.1, 0.15) is 19.3 Å². The second-order valence-corrected chi connectivity index (χ2v) is 26.1. The van der Waals surface area contributed by atoms with Crippen molar-refractivity contribution in [3.05, 3.63) is 0 Å². The molecule has 0 bridgehead atoms. The summed E-state index contributed by atoms with van der Waals surface area (Å²) in [5, 5.41) is 10.5. The smallest absolute Gasteiger partial charge is 0.462 e. The zero-order valence-corrected chi connectivity index (χ0v) is 53.9. The lowest BCUT2D eigenvalue weighted by Crippen LogP contribution is -2.30. The van der Waals surface area contributed by atoms with E-state index in [9.17, 15) is 43.2 Å². The molecule has 0 heterocycles. The highest BCUT2D eigenvalue weighted by Gasteiger charge is 2.30. The lowest BCUT2D eigenvalue weighted by Gasteiger charge is -2.21. The van der Waals surface area contributed by atoms with Crippen LogP contribution in [0.3, 0.4) is 0 Å². The van der Waals surface area contributed by atoms with Gasteiger partial charge in [-0.3, -0.25) is 37.3 Å². The summed E-state index contributed by atoms with van der Waals surface area (Å²) in [6, 6.07) is 0. The van der Waals surface area contributed by atoms with Crippen molar-refractivity contribution in [1.29, 1.82) is 0 Å². The topological polar surface area (TPSA) is 237 Å². The largest absolute Gasteiger partial charge is 0.472 e. The summed E-state index contributed by atoms with van der Waals surface area (Å²) in [6.07, 6.45) is 36.5. The van der Waals surface area contributed by atoms with E-state index < -0.39 is 97.5 Å². The number of ether oxygens (including phenoxy) is 4. The van der Waals surface area contributed by atoms with Gasteiger partial charge < -0.3 is 33.8 Å². The number of aliphatic hydroxyl groups is 1. The Bertz CT molecular complexity index is 1600. The van der Waals surface area contributed by atoms with Crippen molar-refractivity contribution in [2.75, 3.05) is 39.6 Å². The van der Waals surface area contributed by atoms with Gasteiger partial charge >= 0.3 is 39.5 Å². The number of carbonyl (C=O) groups is 4. The first kappa shape index (κ1) is 79.1. The molecular weight excluding hydrogens is 1080 g/mol. The molecule has 0 saturated carbocycles. The number of esters is 4. The Hall–Kier alpha value is -1.94. The van der Waals surface area contributed by atoms with Crippen LogP contribution >= 0.6 is 15.6 Å². The number of phosphoric ester groups is 2. The molecule has 3 N–H and O–H groups in total. The molecular formula is C62H120O17P2. The van der Waals surface area contributed by atoms with E-state index in [2.05, 4.69) is 41.5 Å². The Morgan fingerprint density at radius 2 is 0.630 bits per heavy atom. The van der Waals surface area contributed by atoms with Crippen LogP contribution in [0.15, 0.2) is 0 Å². The fourth-order valence-electron chi connectivity index (χ4n) is 9.15. The molecule has 0 aromatic heterocycles.